The topological polar surface area (TPSA) is 88.6 Å². The third-order valence-electron chi connectivity index (χ3n) is 5.72. The Morgan fingerprint density at radius 2 is 1.86 bits per heavy atom. The molecule has 0 unspecified atom stereocenters. The molecule has 1 saturated heterocycles. The number of hydrogen-bond acceptors (Lipinski definition) is 7. The van der Waals surface area contributed by atoms with Crippen LogP contribution in [-0.2, 0) is 13.1 Å². The SMILES string of the molecule is Oc1c2c(Cl)cc(-c3noc(CN4CCNCC4)n3)cc2cn1Cc1ccc(OC(F)(F)F)cc1. The maximum Gasteiger partial charge on any atom is 0.573 e. The number of rotatable bonds is 6. The van der Waals surface area contributed by atoms with E-state index in [1.807, 2.05) is 0 Å². The zero-order valence-corrected chi connectivity index (χ0v) is 19.1. The van der Waals surface area contributed by atoms with Gasteiger partial charge in [-0.15, -0.1) is 13.2 Å². The highest BCUT2D eigenvalue weighted by atomic mass is 35.5. The molecule has 1 aliphatic heterocycles. The average Bonchev–Trinajstić information content (AvgIpc) is 3.39. The molecule has 8 nitrogen and oxygen atoms in total. The molecular weight excluding hydrogens is 487 g/mol. The highest BCUT2D eigenvalue weighted by Crippen LogP contribution is 2.37. The van der Waals surface area contributed by atoms with Crippen LogP contribution in [0.15, 0.2) is 47.1 Å². The lowest BCUT2D eigenvalue weighted by Crippen LogP contribution is -2.42. The van der Waals surface area contributed by atoms with E-state index >= 15 is 0 Å². The minimum Gasteiger partial charge on any atom is -0.494 e. The molecule has 0 bridgehead atoms. The Morgan fingerprint density at radius 1 is 1.11 bits per heavy atom. The number of hydrogen-bond donors (Lipinski definition) is 2. The van der Waals surface area contributed by atoms with Crippen LogP contribution in [0.3, 0.4) is 0 Å². The molecule has 12 heteroatoms. The Labute approximate surface area is 202 Å². The van der Waals surface area contributed by atoms with Crippen molar-refractivity contribution >= 4 is 22.4 Å². The number of halogens is 4. The quantitative estimate of drug-likeness (QED) is 0.400. The maximum atomic E-state index is 12.4. The second kappa shape index (κ2) is 9.40. The van der Waals surface area contributed by atoms with E-state index in [2.05, 4.69) is 25.1 Å². The van der Waals surface area contributed by atoms with Crippen LogP contribution in [0.4, 0.5) is 13.2 Å². The van der Waals surface area contributed by atoms with Crippen LogP contribution in [0.2, 0.25) is 5.02 Å². The molecule has 1 aliphatic rings. The maximum absolute atomic E-state index is 12.4. The fraction of sp³-hybridized carbons (Fsp3) is 0.304. The Hall–Kier alpha value is -3.28. The number of benzene rings is 2. The molecule has 2 N–H and O–H groups in total. The average molecular weight is 508 g/mol. The van der Waals surface area contributed by atoms with Gasteiger partial charge in [-0.05, 0) is 29.8 Å². The predicted molar refractivity (Wildman–Crippen MR) is 122 cm³/mol. The van der Waals surface area contributed by atoms with Crippen molar-refractivity contribution in [1.82, 2.24) is 24.9 Å². The summed E-state index contributed by atoms with van der Waals surface area (Å²) in [5, 5.41) is 19.5. The molecular formula is C23H21ClF3N5O3. The lowest BCUT2D eigenvalue weighted by molar-refractivity contribution is -0.274. The molecule has 2 aromatic heterocycles. The van der Waals surface area contributed by atoms with Crippen molar-refractivity contribution in [3.63, 3.8) is 0 Å². The largest absolute Gasteiger partial charge is 0.573 e. The molecule has 5 rings (SSSR count). The summed E-state index contributed by atoms with van der Waals surface area (Å²) in [6, 6.07) is 8.91. The standard InChI is InChI=1S/C23H21ClF3N5O3/c24-18-10-15(21-29-19(35-30-21)13-31-7-5-28-6-8-31)9-16-12-32(22(33)20(16)18)11-14-1-3-17(4-2-14)34-23(25,26)27/h1-4,9-10,12,28,33H,5-8,11,13H2. The third kappa shape index (κ3) is 5.37. The summed E-state index contributed by atoms with van der Waals surface area (Å²) in [6.45, 7) is 4.42. The lowest BCUT2D eigenvalue weighted by atomic mass is 10.1. The van der Waals surface area contributed by atoms with Gasteiger partial charge in [0.05, 0.1) is 23.5 Å². The van der Waals surface area contributed by atoms with Gasteiger partial charge in [-0.25, -0.2) is 0 Å². The third-order valence-corrected chi connectivity index (χ3v) is 6.01. The molecule has 1 fully saturated rings. The number of piperazine rings is 1. The smallest absolute Gasteiger partial charge is 0.494 e. The van der Waals surface area contributed by atoms with E-state index in [-0.39, 0.29) is 18.2 Å². The van der Waals surface area contributed by atoms with Crippen LogP contribution in [0.5, 0.6) is 11.6 Å². The first kappa shape index (κ1) is 23.5. The van der Waals surface area contributed by atoms with Gasteiger partial charge in [-0.1, -0.05) is 28.9 Å². The molecule has 0 saturated carbocycles. The first-order valence-electron chi connectivity index (χ1n) is 10.9. The van der Waals surface area contributed by atoms with E-state index < -0.39 is 6.36 Å². The number of nitrogens with one attached hydrogen (secondary N) is 1. The van der Waals surface area contributed by atoms with Gasteiger partial charge in [-0.2, -0.15) is 4.98 Å². The second-order valence-corrected chi connectivity index (χ2v) is 8.64. The fourth-order valence-corrected chi connectivity index (χ4v) is 4.39. The highest BCUT2D eigenvalue weighted by molar-refractivity contribution is 6.36. The molecule has 2 aromatic carbocycles. The van der Waals surface area contributed by atoms with Crippen LogP contribution in [0.25, 0.3) is 22.2 Å². The van der Waals surface area contributed by atoms with Crippen LogP contribution < -0.4 is 10.1 Å². The van der Waals surface area contributed by atoms with Gasteiger partial charge in [-0.3, -0.25) is 4.90 Å². The first-order chi connectivity index (χ1) is 16.7. The Bertz CT molecular complexity index is 1330. The van der Waals surface area contributed by atoms with Crippen molar-refractivity contribution in [1.29, 1.82) is 0 Å². The van der Waals surface area contributed by atoms with Gasteiger partial charge >= 0.3 is 6.36 Å². The summed E-state index contributed by atoms with van der Waals surface area (Å²) in [5.74, 6) is 0.537. The molecule has 0 aliphatic carbocycles. The lowest BCUT2D eigenvalue weighted by Gasteiger charge is -2.25. The van der Waals surface area contributed by atoms with Crippen LogP contribution in [0.1, 0.15) is 11.5 Å². The minimum atomic E-state index is -4.75. The number of alkyl halides is 3. The van der Waals surface area contributed by atoms with E-state index in [9.17, 15) is 18.3 Å². The van der Waals surface area contributed by atoms with Gasteiger partial charge in [0.1, 0.15) is 5.75 Å². The van der Waals surface area contributed by atoms with Gasteiger partial charge in [0.2, 0.25) is 17.6 Å². The van der Waals surface area contributed by atoms with Crippen molar-refractivity contribution in [3.8, 4) is 23.0 Å². The summed E-state index contributed by atoms with van der Waals surface area (Å²) in [5.41, 5.74) is 1.31. The number of nitrogens with zero attached hydrogens (tertiary/aromatic N) is 4. The monoisotopic (exact) mass is 507 g/mol. The van der Waals surface area contributed by atoms with E-state index in [0.29, 0.717) is 45.2 Å². The number of aromatic hydroxyl groups is 1. The molecule has 4 aromatic rings. The number of fused-ring (bicyclic) bond motifs is 1. The fourth-order valence-electron chi connectivity index (χ4n) is 4.08. The Kier molecular flexibility index (Phi) is 6.30. The summed E-state index contributed by atoms with van der Waals surface area (Å²) < 4.78 is 48.0. The highest BCUT2D eigenvalue weighted by Gasteiger charge is 2.31. The summed E-state index contributed by atoms with van der Waals surface area (Å²) >= 11 is 6.48. The summed E-state index contributed by atoms with van der Waals surface area (Å²) in [6.07, 6.45) is -3.04. The van der Waals surface area contributed by atoms with Crippen LogP contribution in [-0.4, -0.2) is 57.3 Å². The van der Waals surface area contributed by atoms with Gasteiger partial charge in [0, 0.05) is 43.3 Å². The van der Waals surface area contributed by atoms with Gasteiger partial charge < -0.3 is 24.3 Å². The van der Waals surface area contributed by atoms with Crippen molar-refractivity contribution in [3.05, 3.63) is 59.1 Å². The zero-order chi connectivity index (χ0) is 24.6. The van der Waals surface area contributed by atoms with Crippen molar-refractivity contribution < 1.29 is 27.5 Å². The van der Waals surface area contributed by atoms with Crippen molar-refractivity contribution in [2.24, 2.45) is 0 Å². The van der Waals surface area contributed by atoms with E-state index in [0.717, 1.165) is 26.2 Å². The number of ether oxygens (including phenoxy) is 1. The number of aromatic nitrogens is 3. The van der Waals surface area contributed by atoms with E-state index in [4.69, 9.17) is 16.1 Å². The van der Waals surface area contributed by atoms with Crippen molar-refractivity contribution in [2.45, 2.75) is 19.5 Å². The predicted octanol–water partition coefficient (Wildman–Crippen LogP) is 4.40. The zero-order valence-electron chi connectivity index (χ0n) is 18.3. The first-order valence-corrected chi connectivity index (χ1v) is 11.2. The molecule has 35 heavy (non-hydrogen) atoms. The molecule has 0 atom stereocenters. The molecule has 184 valence electrons. The van der Waals surface area contributed by atoms with E-state index in [1.54, 1.807) is 22.9 Å². The Balaban J connectivity index is 1.36. The summed E-state index contributed by atoms with van der Waals surface area (Å²) in [7, 11) is 0. The molecule has 0 spiro atoms. The van der Waals surface area contributed by atoms with Crippen molar-refractivity contribution in [2.75, 3.05) is 26.2 Å². The van der Waals surface area contributed by atoms with Gasteiger partial charge in [0.15, 0.2) is 0 Å². The van der Waals surface area contributed by atoms with Gasteiger partial charge in [0.25, 0.3) is 0 Å². The van der Waals surface area contributed by atoms with Crippen LogP contribution >= 0.6 is 11.6 Å². The normalized spacial score (nSPS) is 15.1. The molecule has 3 heterocycles. The van der Waals surface area contributed by atoms with Crippen LogP contribution in [0, 0.1) is 0 Å². The summed E-state index contributed by atoms with van der Waals surface area (Å²) in [4.78, 5) is 6.72. The Morgan fingerprint density at radius 3 is 2.57 bits per heavy atom. The molecule has 0 amide bonds. The van der Waals surface area contributed by atoms with E-state index in [1.165, 1.54) is 24.3 Å². The second-order valence-electron chi connectivity index (χ2n) is 8.23. The minimum absolute atomic E-state index is 0.0559. The molecule has 0 radical (unpaired) electrons.